The summed E-state index contributed by atoms with van der Waals surface area (Å²) in [5, 5.41) is 7.23. The highest BCUT2D eigenvalue weighted by Crippen LogP contribution is 2.20. The van der Waals surface area contributed by atoms with Gasteiger partial charge in [0.1, 0.15) is 12.4 Å². The second-order valence-electron chi connectivity index (χ2n) is 3.98. The zero-order chi connectivity index (χ0) is 13.8. The van der Waals surface area contributed by atoms with Crippen molar-refractivity contribution in [2.45, 2.75) is 6.61 Å². The molecule has 0 spiro atoms. The van der Waals surface area contributed by atoms with Crippen LogP contribution in [0.2, 0.25) is 0 Å². The number of nitrogens with one attached hydrogen (secondary N) is 1. The van der Waals surface area contributed by atoms with Gasteiger partial charge in [-0.2, -0.15) is 0 Å². The van der Waals surface area contributed by atoms with Crippen molar-refractivity contribution in [3.8, 4) is 5.75 Å². The molecule has 0 atom stereocenters. The second-order valence-corrected chi connectivity index (χ2v) is 4.89. The summed E-state index contributed by atoms with van der Waals surface area (Å²) in [6, 6.07) is 11.8. The van der Waals surface area contributed by atoms with E-state index in [0.717, 1.165) is 10.0 Å². The third-order valence-electron chi connectivity index (χ3n) is 2.53. The van der Waals surface area contributed by atoms with Crippen molar-refractivity contribution in [1.82, 2.24) is 0 Å². The van der Waals surface area contributed by atoms with E-state index in [9.17, 15) is 4.39 Å². The van der Waals surface area contributed by atoms with Gasteiger partial charge in [-0.3, -0.25) is 5.41 Å². The van der Waals surface area contributed by atoms with Crippen LogP contribution in [0.1, 0.15) is 11.1 Å². The molecule has 0 fully saturated rings. The number of benzene rings is 2. The Kier molecular flexibility index (Phi) is 4.16. The van der Waals surface area contributed by atoms with Crippen LogP contribution in [0.5, 0.6) is 5.75 Å². The quantitative estimate of drug-likeness (QED) is 0.669. The molecule has 0 aromatic heterocycles. The van der Waals surface area contributed by atoms with Crippen LogP contribution in [0.25, 0.3) is 0 Å². The van der Waals surface area contributed by atoms with Gasteiger partial charge in [-0.1, -0.05) is 28.1 Å². The van der Waals surface area contributed by atoms with Gasteiger partial charge in [0, 0.05) is 10.0 Å². The minimum absolute atomic E-state index is 0.143. The molecular weight excluding hydrogens is 311 g/mol. The normalized spacial score (nSPS) is 10.2. The lowest BCUT2D eigenvalue weighted by atomic mass is 10.2. The van der Waals surface area contributed by atoms with Crippen molar-refractivity contribution in [2.75, 3.05) is 0 Å². The van der Waals surface area contributed by atoms with Crippen LogP contribution in [0, 0.1) is 11.2 Å². The highest BCUT2D eigenvalue weighted by Gasteiger charge is 2.06. The fourth-order valence-electron chi connectivity index (χ4n) is 1.57. The lowest BCUT2D eigenvalue weighted by Crippen LogP contribution is -2.11. The number of halogens is 2. The Morgan fingerprint density at radius 2 is 2.05 bits per heavy atom. The van der Waals surface area contributed by atoms with Gasteiger partial charge >= 0.3 is 0 Å². The van der Waals surface area contributed by atoms with Crippen LogP contribution in [0.3, 0.4) is 0 Å². The van der Waals surface area contributed by atoms with Crippen molar-refractivity contribution < 1.29 is 9.13 Å². The summed E-state index contributed by atoms with van der Waals surface area (Å²) >= 11 is 3.36. The van der Waals surface area contributed by atoms with E-state index in [4.69, 9.17) is 15.9 Å². The summed E-state index contributed by atoms with van der Waals surface area (Å²) in [6.45, 7) is 0.274. The van der Waals surface area contributed by atoms with Crippen LogP contribution < -0.4 is 10.5 Å². The Hall–Kier alpha value is -1.88. The van der Waals surface area contributed by atoms with Crippen molar-refractivity contribution in [3.63, 3.8) is 0 Å². The molecule has 3 nitrogen and oxygen atoms in total. The lowest BCUT2D eigenvalue weighted by Gasteiger charge is -2.08. The molecule has 0 bridgehead atoms. The van der Waals surface area contributed by atoms with Gasteiger partial charge in [0.05, 0.1) is 0 Å². The Labute approximate surface area is 118 Å². The largest absolute Gasteiger partial charge is 0.486 e. The molecule has 0 aliphatic heterocycles. The molecule has 2 aromatic carbocycles. The molecule has 5 heteroatoms. The van der Waals surface area contributed by atoms with Crippen LogP contribution >= 0.6 is 15.9 Å². The van der Waals surface area contributed by atoms with Crippen molar-refractivity contribution >= 4 is 21.8 Å². The van der Waals surface area contributed by atoms with Crippen LogP contribution in [0.15, 0.2) is 46.9 Å². The van der Waals surface area contributed by atoms with E-state index in [2.05, 4.69) is 15.9 Å². The maximum Gasteiger partial charge on any atom is 0.165 e. The molecule has 2 rings (SSSR count). The number of ether oxygens (including phenoxy) is 1. The highest BCUT2D eigenvalue weighted by atomic mass is 79.9. The summed E-state index contributed by atoms with van der Waals surface area (Å²) in [5.74, 6) is -0.551. The molecule has 0 saturated heterocycles. The van der Waals surface area contributed by atoms with Crippen molar-refractivity contribution in [1.29, 1.82) is 5.41 Å². The standard InChI is InChI=1S/C14H12BrFN2O/c15-11-3-1-2-9(6-11)8-19-13-5-4-10(14(17)18)7-12(13)16/h1-7H,8H2,(H3,17,18). The van der Waals surface area contributed by atoms with Gasteiger partial charge in [0.15, 0.2) is 11.6 Å². The molecule has 0 aliphatic carbocycles. The fourth-order valence-corrected chi connectivity index (χ4v) is 2.02. The van der Waals surface area contributed by atoms with Gasteiger partial charge in [-0.05, 0) is 35.9 Å². The smallest absolute Gasteiger partial charge is 0.165 e. The van der Waals surface area contributed by atoms with Crippen LogP contribution in [-0.4, -0.2) is 5.84 Å². The molecular formula is C14H12BrFN2O. The number of nitrogen functional groups attached to an aromatic ring is 1. The number of hydrogen-bond donors (Lipinski definition) is 2. The summed E-state index contributed by atoms with van der Waals surface area (Å²) in [5.41, 5.74) is 6.56. The Morgan fingerprint density at radius 3 is 2.68 bits per heavy atom. The molecule has 0 saturated carbocycles. The maximum atomic E-state index is 13.7. The third kappa shape index (κ3) is 3.54. The zero-order valence-corrected chi connectivity index (χ0v) is 11.6. The first-order chi connectivity index (χ1) is 9.06. The first-order valence-electron chi connectivity index (χ1n) is 5.57. The number of rotatable bonds is 4. The van der Waals surface area contributed by atoms with E-state index in [-0.39, 0.29) is 18.2 Å². The van der Waals surface area contributed by atoms with Crippen molar-refractivity contribution in [2.24, 2.45) is 5.73 Å². The van der Waals surface area contributed by atoms with Crippen LogP contribution in [-0.2, 0) is 6.61 Å². The predicted octanol–water partition coefficient (Wildman–Crippen LogP) is 3.45. The zero-order valence-electron chi connectivity index (χ0n) is 9.99. The van der Waals surface area contributed by atoms with E-state index in [1.54, 1.807) is 6.07 Å². The van der Waals surface area contributed by atoms with Crippen LogP contribution in [0.4, 0.5) is 4.39 Å². The van der Waals surface area contributed by atoms with E-state index in [1.807, 2.05) is 24.3 Å². The monoisotopic (exact) mass is 322 g/mol. The van der Waals surface area contributed by atoms with Gasteiger partial charge in [0.2, 0.25) is 0 Å². The molecule has 98 valence electrons. The molecule has 3 N–H and O–H groups in total. The van der Waals surface area contributed by atoms with Gasteiger partial charge in [-0.15, -0.1) is 0 Å². The summed E-state index contributed by atoms with van der Waals surface area (Å²) in [6.07, 6.45) is 0. The number of nitrogens with two attached hydrogens (primary N) is 1. The SMILES string of the molecule is N=C(N)c1ccc(OCc2cccc(Br)c2)c(F)c1. The average molecular weight is 323 g/mol. The van der Waals surface area contributed by atoms with E-state index < -0.39 is 5.82 Å². The average Bonchev–Trinajstić information content (AvgIpc) is 2.37. The summed E-state index contributed by atoms with van der Waals surface area (Å²) < 4.78 is 20.1. The Bertz CT molecular complexity index is 616. The molecule has 0 radical (unpaired) electrons. The number of amidine groups is 1. The van der Waals surface area contributed by atoms with E-state index in [1.165, 1.54) is 12.1 Å². The molecule has 19 heavy (non-hydrogen) atoms. The molecule has 2 aromatic rings. The third-order valence-corrected chi connectivity index (χ3v) is 3.02. The topological polar surface area (TPSA) is 59.1 Å². The first-order valence-corrected chi connectivity index (χ1v) is 6.37. The molecule has 0 aliphatic rings. The van der Waals surface area contributed by atoms with Crippen molar-refractivity contribution in [3.05, 3.63) is 63.9 Å². The molecule has 0 amide bonds. The highest BCUT2D eigenvalue weighted by molar-refractivity contribution is 9.10. The molecule has 0 unspecified atom stereocenters. The van der Waals surface area contributed by atoms with E-state index >= 15 is 0 Å². The fraction of sp³-hybridized carbons (Fsp3) is 0.0714. The summed E-state index contributed by atoms with van der Waals surface area (Å²) in [7, 11) is 0. The van der Waals surface area contributed by atoms with Gasteiger partial charge in [-0.25, -0.2) is 4.39 Å². The second kappa shape index (κ2) is 5.84. The maximum absolute atomic E-state index is 13.7. The molecule has 0 heterocycles. The minimum atomic E-state index is -0.525. The Morgan fingerprint density at radius 1 is 1.26 bits per heavy atom. The predicted molar refractivity (Wildman–Crippen MR) is 75.9 cm³/mol. The number of hydrogen-bond acceptors (Lipinski definition) is 2. The Balaban J connectivity index is 2.10. The van der Waals surface area contributed by atoms with Gasteiger partial charge < -0.3 is 10.5 Å². The first kappa shape index (κ1) is 13.5. The minimum Gasteiger partial charge on any atom is -0.486 e. The summed E-state index contributed by atoms with van der Waals surface area (Å²) in [4.78, 5) is 0. The lowest BCUT2D eigenvalue weighted by molar-refractivity contribution is 0.290. The van der Waals surface area contributed by atoms with Gasteiger partial charge in [0.25, 0.3) is 0 Å². The van der Waals surface area contributed by atoms with E-state index in [0.29, 0.717) is 5.56 Å².